The third kappa shape index (κ3) is 3.16. The number of carbonyl (C=O) groups is 1. The molecule has 0 heterocycles. The highest BCUT2D eigenvalue weighted by molar-refractivity contribution is 9.10. The van der Waals surface area contributed by atoms with E-state index in [1.54, 1.807) is 0 Å². The molecule has 0 unspecified atom stereocenters. The van der Waals surface area contributed by atoms with E-state index in [0.29, 0.717) is 0 Å². The molecule has 108 valence electrons. The summed E-state index contributed by atoms with van der Waals surface area (Å²) < 4.78 is 13.7. The summed E-state index contributed by atoms with van der Waals surface area (Å²) in [7, 11) is 0. The van der Waals surface area contributed by atoms with E-state index in [2.05, 4.69) is 21.2 Å². The van der Waals surface area contributed by atoms with E-state index < -0.39 is 22.4 Å². The first-order valence-corrected chi connectivity index (χ1v) is 6.42. The number of rotatable bonds is 4. The first-order chi connectivity index (χ1) is 9.90. The van der Waals surface area contributed by atoms with Crippen molar-refractivity contribution in [3.63, 3.8) is 0 Å². The molecule has 0 aliphatic heterocycles. The summed E-state index contributed by atoms with van der Waals surface area (Å²) in [5, 5.41) is 22.7. The van der Waals surface area contributed by atoms with Crippen LogP contribution in [0.4, 0.5) is 21.5 Å². The topological polar surface area (TPSA) is 92.5 Å². The van der Waals surface area contributed by atoms with Gasteiger partial charge in [0.1, 0.15) is 11.5 Å². The maximum Gasteiger partial charge on any atom is 0.338 e. The number of anilines is 2. The van der Waals surface area contributed by atoms with Gasteiger partial charge in [0.25, 0.3) is 5.69 Å². The van der Waals surface area contributed by atoms with E-state index in [9.17, 15) is 19.3 Å². The van der Waals surface area contributed by atoms with Crippen LogP contribution >= 0.6 is 15.9 Å². The molecule has 0 aliphatic carbocycles. The Morgan fingerprint density at radius 3 is 2.62 bits per heavy atom. The van der Waals surface area contributed by atoms with Crippen molar-refractivity contribution in [2.24, 2.45) is 0 Å². The van der Waals surface area contributed by atoms with Gasteiger partial charge in [0, 0.05) is 11.8 Å². The lowest BCUT2D eigenvalue weighted by atomic mass is 10.1. The van der Waals surface area contributed by atoms with Crippen LogP contribution in [-0.4, -0.2) is 16.0 Å². The summed E-state index contributed by atoms with van der Waals surface area (Å²) in [6.07, 6.45) is 0. The lowest BCUT2D eigenvalue weighted by molar-refractivity contribution is -0.383. The summed E-state index contributed by atoms with van der Waals surface area (Å²) in [4.78, 5) is 21.5. The summed E-state index contributed by atoms with van der Waals surface area (Å²) in [6.45, 7) is 0. The van der Waals surface area contributed by atoms with Crippen LogP contribution in [-0.2, 0) is 0 Å². The second kappa shape index (κ2) is 5.88. The highest BCUT2D eigenvalue weighted by Crippen LogP contribution is 2.32. The number of nitrogens with zero attached hydrogens (tertiary/aromatic N) is 1. The molecule has 0 atom stereocenters. The molecule has 0 aromatic heterocycles. The van der Waals surface area contributed by atoms with Gasteiger partial charge in [-0.05, 0) is 40.2 Å². The van der Waals surface area contributed by atoms with E-state index in [0.717, 1.165) is 6.07 Å². The van der Waals surface area contributed by atoms with Crippen LogP contribution in [0.1, 0.15) is 10.4 Å². The van der Waals surface area contributed by atoms with Gasteiger partial charge >= 0.3 is 5.97 Å². The Morgan fingerprint density at radius 1 is 1.33 bits per heavy atom. The maximum atomic E-state index is 13.5. The molecular formula is C13H8BrFN2O4. The van der Waals surface area contributed by atoms with E-state index in [4.69, 9.17) is 5.11 Å². The zero-order valence-electron chi connectivity index (χ0n) is 10.3. The molecule has 0 aliphatic rings. The quantitative estimate of drug-likeness (QED) is 0.640. The van der Waals surface area contributed by atoms with Gasteiger partial charge < -0.3 is 10.4 Å². The van der Waals surface area contributed by atoms with Crippen LogP contribution in [0.2, 0.25) is 0 Å². The van der Waals surface area contributed by atoms with Gasteiger partial charge in [-0.25, -0.2) is 9.18 Å². The minimum Gasteiger partial charge on any atom is -0.478 e. The SMILES string of the molecule is O=C(O)c1cccc([N+](=O)[O-])c1Nc1ccc(Br)c(F)c1. The molecule has 0 bridgehead atoms. The van der Waals surface area contributed by atoms with E-state index in [-0.39, 0.29) is 21.4 Å². The lowest BCUT2D eigenvalue weighted by Gasteiger charge is -2.10. The molecule has 2 aromatic rings. The Bertz CT molecular complexity index is 704. The number of halogens is 2. The largest absolute Gasteiger partial charge is 0.478 e. The number of hydrogen-bond acceptors (Lipinski definition) is 4. The fourth-order valence-corrected chi connectivity index (χ4v) is 1.97. The molecule has 6 nitrogen and oxygen atoms in total. The Kier molecular flexibility index (Phi) is 4.18. The minimum absolute atomic E-state index is 0.197. The van der Waals surface area contributed by atoms with Gasteiger partial charge in [-0.2, -0.15) is 0 Å². The zero-order chi connectivity index (χ0) is 15.6. The van der Waals surface area contributed by atoms with Crippen molar-refractivity contribution in [1.29, 1.82) is 0 Å². The summed E-state index contributed by atoms with van der Waals surface area (Å²) in [5.74, 6) is -1.89. The van der Waals surface area contributed by atoms with E-state index >= 15 is 0 Å². The summed E-state index contributed by atoms with van der Waals surface area (Å²) in [6, 6.07) is 7.65. The van der Waals surface area contributed by atoms with Crippen molar-refractivity contribution < 1.29 is 19.2 Å². The number of aromatic carboxylic acids is 1. The summed E-state index contributed by atoms with van der Waals surface area (Å²) >= 11 is 2.99. The van der Waals surface area contributed by atoms with Crippen molar-refractivity contribution >= 4 is 39.0 Å². The van der Waals surface area contributed by atoms with Crippen LogP contribution in [0.3, 0.4) is 0 Å². The molecular weight excluding hydrogens is 347 g/mol. The average molecular weight is 355 g/mol. The van der Waals surface area contributed by atoms with Crippen molar-refractivity contribution in [2.75, 3.05) is 5.32 Å². The molecule has 2 rings (SSSR count). The van der Waals surface area contributed by atoms with E-state index in [1.165, 1.54) is 30.3 Å². The fraction of sp³-hybridized carbons (Fsp3) is 0. The second-order valence-corrected chi connectivity index (χ2v) is 4.87. The number of nitro benzene ring substituents is 1. The highest BCUT2D eigenvalue weighted by atomic mass is 79.9. The van der Waals surface area contributed by atoms with Gasteiger partial charge in [-0.15, -0.1) is 0 Å². The van der Waals surface area contributed by atoms with Crippen molar-refractivity contribution in [3.05, 3.63) is 62.4 Å². The number of carboxylic acids is 1. The number of para-hydroxylation sites is 1. The standard InChI is InChI=1S/C13H8BrFN2O4/c14-9-5-4-7(6-10(9)15)16-12-8(13(18)19)2-1-3-11(12)17(20)21/h1-6,16H,(H,18,19). The van der Waals surface area contributed by atoms with Gasteiger partial charge in [0.2, 0.25) is 0 Å². The van der Waals surface area contributed by atoms with Crippen molar-refractivity contribution in [1.82, 2.24) is 0 Å². The van der Waals surface area contributed by atoms with Crippen LogP contribution in [0, 0.1) is 15.9 Å². The molecule has 0 saturated carbocycles. The fourth-order valence-electron chi connectivity index (χ4n) is 1.72. The maximum absolute atomic E-state index is 13.5. The predicted octanol–water partition coefficient (Wildman–Crippen LogP) is 3.94. The van der Waals surface area contributed by atoms with E-state index in [1.807, 2.05) is 0 Å². The summed E-state index contributed by atoms with van der Waals surface area (Å²) in [5.41, 5.74) is -0.671. The zero-order valence-corrected chi connectivity index (χ0v) is 11.9. The Balaban J connectivity index is 2.53. The third-order valence-electron chi connectivity index (χ3n) is 2.66. The first-order valence-electron chi connectivity index (χ1n) is 5.63. The van der Waals surface area contributed by atoms with Gasteiger partial charge in [-0.1, -0.05) is 6.07 Å². The molecule has 0 radical (unpaired) electrons. The normalized spacial score (nSPS) is 10.2. The number of nitrogens with one attached hydrogen (secondary N) is 1. The Morgan fingerprint density at radius 2 is 2.05 bits per heavy atom. The Hall–Kier alpha value is -2.48. The average Bonchev–Trinajstić information content (AvgIpc) is 2.42. The number of benzene rings is 2. The number of hydrogen-bond donors (Lipinski definition) is 2. The third-order valence-corrected chi connectivity index (χ3v) is 3.30. The predicted molar refractivity (Wildman–Crippen MR) is 77.4 cm³/mol. The van der Waals surface area contributed by atoms with Gasteiger partial charge in [-0.3, -0.25) is 10.1 Å². The second-order valence-electron chi connectivity index (χ2n) is 4.02. The number of carboxylic acid groups (broad SMARTS) is 1. The van der Waals surface area contributed by atoms with Crippen LogP contribution < -0.4 is 5.32 Å². The molecule has 0 spiro atoms. The molecule has 0 saturated heterocycles. The molecule has 21 heavy (non-hydrogen) atoms. The molecule has 8 heteroatoms. The Labute approximate surface area is 126 Å². The van der Waals surface area contributed by atoms with Gasteiger partial charge in [0.15, 0.2) is 0 Å². The van der Waals surface area contributed by atoms with Gasteiger partial charge in [0.05, 0.1) is 15.0 Å². The van der Waals surface area contributed by atoms with Crippen LogP contribution in [0.25, 0.3) is 0 Å². The smallest absolute Gasteiger partial charge is 0.338 e. The van der Waals surface area contributed by atoms with Crippen LogP contribution in [0.15, 0.2) is 40.9 Å². The molecule has 2 N–H and O–H groups in total. The number of nitro groups is 1. The molecule has 0 amide bonds. The van der Waals surface area contributed by atoms with Crippen molar-refractivity contribution in [2.45, 2.75) is 0 Å². The minimum atomic E-state index is -1.32. The molecule has 0 fully saturated rings. The molecule has 2 aromatic carbocycles. The monoisotopic (exact) mass is 354 g/mol. The van der Waals surface area contributed by atoms with Crippen LogP contribution in [0.5, 0.6) is 0 Å². The lowest BCUT2D eigenvalue weighted by Crippen LogP contribution is -2.06. The first kappa shape index (κ1) is 14.9. The highest BCUT2D eigenvalue weighted by Gasteiger charge is 2.21. The van der Waals surface area contributed by atoms with Crippen molar-refractivity contribution in [3.8, 4) is 0 Å².